The lowest BCUT2D eigenvalue weighted by atomic mass is 9.91. The number of rotatable bonds is 13. The van der Waals surface area contributed by atoms with Crippen molar-refractivity contribution in [3.8, 4) is 17.2 Å². The first-order valence-electron chi connectivity index (χ1n) is 14.0. The number of methoxy groups -OCH3 is 1. The fourth-order valence-electron chi connectivity index (χ4n) is 4.34. The van der Waals surface area contributed by atoms with Crippen LogP contribution in [-0.2, 0) is 35.5 Å². The van der Waals surface area contributed by atoms with Crippen molar-refractivity contribution in [1.29, 1.82) is 0 Å². The summed E-state index contributed by atoms with van der Waals surface area (Å²) < 4.78 is 51.1. The molecule has 0 bridgehead atoms. The highest BCUT2D eigenvalue weighted by atomic mass is 32.2. The average molecular weight is 591 g/mol. The maximum Gasteiger partial charge on any atom is 0.351 e. The Morgan fingerprint density at radius 2 is 1.68 bits per heavy atom. The molecule has 0 unspecified atom stereocenters. The van der Waals surface area contributed by atoms with Crippen LogP contribution in [0.1, 0.15) is 65.4 Å². The Morgan fingerprint density at radius 1 is 1.02 bits per heavy atom. The summed E-state index contributed by atoms with van der Waals surface area (Å²) in [6.07, 6.45) is 2.54. The zero-order chi connectivity index (χ0) is 30.1. The monoisotopic (exact) mass is 590 g/mol. The predicted molar refractivity (Wildman–Crippen MR) is 157 cm³/mol. The number of nitrogens with one attached hydrogen (secondary N) is 2. The molecule has 11 heteroatoms. The van der Waals surface area contributed by atoms with Gasteiger partial charge >= 0.3 is 11.9 Å². The first kappa shape index (κ1) is 32.2. The zero-order valence-electron chi connectivity index (χ0n) is 24.6. The van der Waals surface area contributed by atoms with Gasteiger partial charge in [-0.25, -0.2) is 13.2 Å². The van der Waals surface area contributed by atoms with Crippen LogP contribution >= 0.6 is 0 Å². The van der Waals surface area contributed by atoms with Crippen LogP contribution in [0.2, 0.25) is 0 Å². The minimum absolute atomic E-state index is 0.0325. The predicted octanol–water partition coefficient (Wildman–Crippen LogP) is 4.97. The van der Waals surface area contributed by atoms with Crippen molar-refractivity contribution < 1.29 is 37.0 Å². The molecular weight excluding hydrogens is 548 g/mol. The highest BCUT2D eigenvalue weighted by Gasteiger charge is 2.45. The number of carbonyl (C=O) groups excluding carboxylic acids is 2. The second kappa shape index (κ2) is 14.0. The summed E-state index contributed by atoms with van der Waals surface area (Å²) in [5, 5.41) is 3.25. The molecule has 1 aliphatic heterocycles. The Balaban J connectivity index is 1.84. The van der Waals surface area contributed by atoms with Gasteiger partial charge in [-0.05, 0) is 82.6 Å². The van der Waals surface area contributed by atoms with Crippen LogP contribution in [0.15, 0.2) is 42.5 Å². The average Bonchev–Trinajstić information content (AvgIpc) is 2.92. The third-order valence-corrected chi connectivity index (χ3v) is 7.85. The fraction of sp³-hybridized carbons (Fsp3) is 0.533. The molecule has 1 aliphatic rings. The molecule has 0 saturated carbocycles. The molecule has 1 heterocycles. The van der Waals surface area contributed by atoms with Gasteiger partial charge in [0.15, 0.2) is 5.75 Å². The SMILES string of the molecule is CCCCS(=O)(=O)Nc1c(CCC(=O)OC)cccc1Oc1ccc(OC2(C(=O)OC(C)(C)C)CCNCC2)cc1. The van der Waals surface area contributed by atoms with Gasteiger partial charge in [0.25, 0.3) is 0 Å². The summed E-state index contributed by atoms with van der Waals surface area (Å²) in [5.74, 6) is 0.394. The van der Waals surface area contributed by atoms with E-state index in [1.165, 1.54) is 7.11 Å². The molecule has 2 aromatic rings. The highest BCUT2D eigenvalue weighted by molar-refractivity contribution is 7.92. The lowest BCUT2D eigenvalue weighted by Gasteiger charge is -2.37. The molecule has 0 radical (unpaired) electrons. The maximum atomic E-state index is 13.1. The molecular formula is C30H42N2O8S. The van der Waals surface area contributed by atoms with Gasteiger partial charge in [-0.1, -0.05) is 25.5 Å². The van der Waals surface area contributed by atoms with Crippen LogP contribution in [0, 0.1) is 0 Å². The number of piperidine rings is 1. The van der Waals surface area contributed by atoms with E-state index in [4.69, 9.17) is 18.9 Å². The summed E-state index contributed by atoms with van der Waals surface area (Å²) in [7, 11) is -2.33. The zero-order valence-corrected chi connectivity index (χ0v) is 25.4. The molecule has 2 aromatic carbocycles. The van der Waals surface area contributed by atoms with Crippen LogP contribution in [0.25, 0.3) is 0 Å². The Bertz CT molecular complexity index is 1280. The second-order valence-electron chi connectivity index (χ2n) is 11.1. The molecule has 0 amide bonds. The van der Waals surface area contributed by atoms with Crippen molar-refractivity contribution in [3.05, 3.63) is 48.0 Å². The van der Waals surface area contributed by atoms with E-state index in [1.807, 2.05) is 27.7 Å². The molecule has 0 atom stereocenters. The Morgan fingerprint density at radius 3 is 2.29 bits per heavy atom. The molecule has 0 aliphatic carbocycles. The molecule has 10 nitrogen and oxygen atoms in total. The van der Waals surface area contributed by atoms with E-state index in [2.05, 4.69) is 10.0 Å². The number of para-hydroxylation sites is 1. The molecule has 1 saturated heterocycles. The van der Waals surface area contributed by atoms with Crippen molar-refractivity contribution in [2.24, 2.45) is 0 Å². The molecule has 3 rings (SSSR count). The van der Waals surface area contributed by atoms with Gasteiger partial charge in [-0.2, -0.15) is 0 Å². The summed E-state index contributed by atoms with van der Waals surface area (Å²) in [4.78, 5) is 24.9. The summed E-state index contributed by atoms with van der Waals surface area (Å²) in [6, 6.07) is 11.9. The topological polar surface area (TPSA) is 129 Å². The Hall–Kier alpha value is -3.31. The number of anilines is 1. The number of unbranched alkanes of at least 4 members (excludes halogenated alkanes) is 1. The largest absolute Gasteiger partial charge is 0.475 e. The summed E-state index contributed by atoms with van der Waals surface area (Å²) in [6.45, 7) is 8.66. The quantitative estimate of drug-likeness (QED) is 0.311. The molecule has 0 spiro atoms. The number of carbonyl (C=O) groups is 2. The van der Waals surface area contributed by atoms with Gasteiger partial charge in [0, 0.05) is 19.3 Å². The number of benzene rings is 2. The number of sulfonamides is 1. The molecule has 226 valence electrons. The van der Waals surface area contributed by atoms with Crippen molar-refractivity contribution in [1.82, 2.24) is 5.32 Å². The lowest BCUT2D eigenvalue weighted by molar-refractivity contribution is -0.176. The van der Waals surface area contributed by atoms with Gasteiger partial charge < -0.3 is 24.3 Å². The minimum atomic E-state index is -3.64. The van der Waals surface area contributed by atoms with E-state index in [-0.39, 0.29) is 24.3 Å². The van der Waals surface area contributed by atoms with Crippen LogP contribution in [0.4, 0.5) is 5.69 Å². The van der Waals surface area contributed by atoms with Gasteiger partial charge in [0.2, 0.25) is 15.6 Å². The fourth-order valence-corrected chi connectivity index (χ4v) is 5.66. The van der Waals surface area contributed by atoms with Gasteiger partial charge in [0.1, 0.15) is 17.1 Å². The van der Waals surface area contributed by atoms with E-state index in [1.54, 1.807) is 42.5 Å². The first-order valence-corrected chi connectivity index (χ1v) is 15.6. The number of hydrogen-bond donors (Lipinski definition) is 2. The lowest BCUT2D eigenvalue weighted by Crippen LogP contribution is -2.54. The van der Waals surface area contributed by atoms with Gasteiger partial charge in [-0.15, -0.1) is 0 Å². The summed E-state index contributed by atoms with van der Waals surface area (Å²) in [5.41, 5.74) is -0.847. The van der Waals surface area contributed by atoms with Crippen molar-refractivity contribution in [3.63, 3.8) is 0 Å². The molecule has 2 N–H and O–H groups in total. The molecule has 41 heavy (non-hydrogen) atoms. The van der Waals surface area contributed by atoms with E-state index in [0.717, 1.165) is 6.42 Å². The van der Waals surface area contributed by atoms with Crippen molar-refractivity contribution in [2.45, 2.75) is 77.4 Å². The Labute approximate surface area is 243 Å². The van der Waals surface area contributed by atoms with Gasteiger partial charge in [0.05, 0.1) is 18.6 Å². The van der Waals surface area contributed by atoms with E-state index >= 15 is 0 Å². The maximum absolute atomic E-state index is 13.1. The van der Waals surface area contributed by atoms with Gasteiger partial charge in [-0.3, -0.25) is 9.52 Å². The van der Waals surface area contributed by atoms with Crippen LogP contribution < -0.4 is 19.5 Å². The van der Waals surface area contributed by atoms with Crippen molar-refractivity contribution in [2.75, 3.05) is 30.7 Å². The van der Waals surface area contributed by atoms with E-state index in [9.17, 15) is 18.0 Å². The first-order chi connectivity index (χ1) is 19.4. The number of aryl methyl sites for hydroxylation is 1. The van der Waals surface area contributed by atoms with Crippen LogP contribution in [0.3, 0.4) is 0 Å². The van der Waals surface area contributed by atoms with Crippen molar-refractivity contribution >= 4 is 27.6 Å². The third kappa shape index (κ3) is 9.64. The second-order valence-corrected chi connectivity index (χ2v) is 12.9. The van der Waals surface area contributed by atoms with E-state index in [0.29, 0.717) is 55.2 Å². The summed E-state index contributed by atoms with van der Waals surface area (Å²) >= 11 is 0. The normalized spacial score (nSPS) is 15.0. The smallest absolute Gasteiger partial charge is 0.351 e. The van der Waals surface area contributed by atoms with Crippen LogP contribution in [0.5, 0.6) is 17.2 Å². The van der Waals surface area contributed by atoms with E-state index < -0.39 is 33.2 Å². The van der Waals surface area contributed by atoms with Crippen LogP contribution in [-0.4, -0.2) is 57.5 Å². The molecule has 0 aromatic heterocycles. The standard InChI is InChI=1S/C30H42N2O8S/c1-6-7-21-41(35,36)32-27-22(11-16-26(33)37-5)9-8-10-25(27)38-23-12-14-24(15-13-23)39-30(17-19-31-20-18-30)28(34)40-29(2,3)4/h8-10,12-15,31-32H,6-7,11,16-21H2,1-5H3. The number of hydrogen-bond acceptors (Lipinski definition) is 9. The number of ether oxygens (including phenoxy) is 4. The minimum Gasteiger partial charge on any atom is -0.475 e. The number of esters is 2. The Kier molecular flexibility index (Phi) is 11.0. The highest BCUT2D eigenvalue weighted by Crippen LogP contribution is 2.36. The third-order valence-electron chi connectivity index (χ3n) is 6.51. The molecule has 1 fully saturated rings.